The smallest absolute Gasteiger partial charge is 0.169 e. The van der Waals surface area contributed by atoms with Crippen molar-refractivity contribution in [1.29, 1.82) is 0 Å². The molecule has 0 amide bonds. The lowest BCUT2D eigenvalue weighted by Gasteiger charge is -2.39. The highest BCUT2D eigenvalue weighted by molar-refractivity contribution is 9.10. The minimum absolute atomic E-state index is 0.0821. The first-order valence-corrected chi connectivity index (χ1v) is 8.80. The molecule has 2 N–H and O–H groups in total. The van der Waals surface area contributed by atoms with E-state index in [9.17, 15) is 4.21 Å². The highest BCUT2D eigenvalue weighted by Gasteiger charge is 2.46. The van der Waals surface area contributed by atoms with Crippen molar-refractivity contribution in [2.75, 3.05) is 13.2 Å². The Kier molecular flexibility index (Phi) is 4.29. The molecule has 1 saturated heterocycles. The van der Waals surface area contributed by atoms with Crippen molar-refractivity contribution in [3.63, 3.8) is 0 Å². The molecule has 20 heavy (non-hydrogen) atoms. The van der Waals surface area contributed by atoms with E-state index in [4.69, 9.17) is 15.2 Å². The molecule has 1 saturated carbocycles. The summed E-state index contributed by atoms with van der Waals surface area (Å²) in [6.07, 6.45) is 2.17. The predicted molar refractivity (Wildman–Crippen MR) is 80.8 cm³/mol. The summed E-state index contributed by atoms with van der Waals surface area (Å²) >= 11 is 3.46. The number of nitrogens with two attached hydrogens (primary N) is 1. The molecule has 1 spiro atoms. The van der Waals surface area contributed by atoms with Crippen LogP contribution in [0, 0.1) is 0 Å². The maximum absolute atomic E-state index is 12.9. The maximum Gasteiger partial charge on any atom is 0.169 e. The second-order valence-corrected chi connectivity index (χ2v) is 7.78. The molecule has 110 valence electrons. The first-order valence-electron chi connectivity index (χ1n) is 6.80. The standard InChI is InChI=1S/C14H18BrNO3S/c15-10-3-1-2-4-12(10)20(17)13-9-14(6-5-11(13)16)18-7-8-19-14/h1-4,11,13H,5-9,16H2. The third-order valence-electron chi connectivity index (χ3n) is 3.99. The summed E-state index contributed by atoms with van der Waals surface area (Å²) < 4.78 is 25.2. The molecular formula is C14H18BrNO3S. The fraction of sp³-hybridized carbons (Fsp3) is 0.571. The predicted octanol–water partition coefficient (Wildman–Crippen LogP) is 2.18. The van der Waals surface area contributed by atoms with Crippen molar-refractivity contribution in [3.05, 3.63) is 28.7 Å². The molecule has 1 aromatic carbocycles. The molecule has 0 aromatic heterocycles. The van der Waals surface area contributed by atoms with E-state index in [1.165, 1.54) is 0 Å². The molecule has 1 aliphatic carbocycles. The van der Waals surface area contributed by atoms with Crippen molar-refractivity contribution >= 4 is 26.7 Å². The van der Waals surface area contributed by atoms with E-state index >= 15 is 0 Å². The zero-order valence-corrected chi connectivity index (χ0v) is 13.5. The van der Waals surface area contributed by atoms with Crippen LogP contribution in [0.2, 0.25) is 0 Å². The molecule has 3 rings (SSSR count). The van der Waals surface area contributed by atoms with Crippen LogP contribution >= 0.6 is 15.9 Å². The summed E-state index contributed by atoms with van der Waals surface area (Å²) in [4.78, 5) is 0.794. The van der Waals surface area contributed by atoms with Gasteiger partial charge in [0.05, 0.1) is 34.2 Å². The van der Waals surface area contributed by atoms with Crippen molar-refractivity contribution in [3.8, 4) is 0 Å². The van der Waals surface area contributed by atoms with Gasteiger partial charge < -0.3 is 15.2 Å². The third kappa shape index (κ3) is 2.72. The summed E-state index contributed by atoms with van der Waals surface area (Å²) in [6, 6.07) is 7.51. The Bertz CT molecular complexity index is 519. The van der Waals surface area contributed by atoms with Gasteiger partial charge in [-0.2, -0.15) is 0 Å². The Morgan fingerprint density at radius 1 is 1.30 bits per heavy atom. The molecule has 2 fully saturated rings. The van der Waals surface area contributed by atoms with E-state index in [1.54, 1.807) is 0 Å². The van der Waals surface area contributed by atoms with Crippen molar-refractivity contribution in [1.82, 2.24) is 0 Å². The van der Waals surface area contributed by atoms with Crippen molar-refractivity contribution in [2.45, 2.75) is 41.2 Å². The van der Waals surface area contributed by atoms with Crippen LogP contribution in [0.15, 0.2) is 33.6 Å². The molecule has 4 nitrogen and oxygen atoms in total. The summed E-state index contributed by atoms with van der Waals surface area (Å²) in [5.74, 6) is -0.558. The third-order valence-corrected chi connectivity index (χ3v) is 6.80. The number of halogens is 1. The number of benzene rings is 1. The summed E-state index contributed by atoms with van der Waals surface area (Å²) in [7, 11) is -1.17. The molecule has 1 aliphatic heterocycles. The van der Waals surface area contributed by atoms with Crippen LogP contribution in [0.5, 0.6) is 0 Å². The quantitative estimate of drug-likeness (QED) is 0.878. The van der Waals surface area contributed by atoms with Crippen LogP contribution in [-0.2, 0) is 20.3 Å². The zero-order valence-electron chi connectivity index (χ0n) is 11.1. The van der Waals surface area contributed by atoms with E-state index in [0.717, 1.165) is 22.2 Å². The van der Waals surface area contributed by atoms with Gasteiger partial charge in [-0.25, -0.2) is 0 Å². The van der Waals surface area contributed by atoms with E-state index in [1.807, 2.05) is 24.3 Å². The Balaban J connectivity index is 1.84. The van der Waals surface area contributed by atoms with Gasteiger partial charge in [0, 0.05) is 23.4 Å². The summed E-state index contributed by atoms with van der Waals surface area (Å²) in [6.45, 7) is 1.23. The van der Waals surface area contributed by atoms with Crippen molar-refractivity contribution < 1.29 is 13.7 Å². The van der Waals surface area contributed by atoms with Gasteiger partial charge in [-0.05, 0) is 34.5 Å². The van der Waals surface area contributed by atoms with Gasteiger partial charge in [0.2, 0.25) is 0 Å². The number of rotatable bonds is 2. The minimum atomic E-state index is -1.17. The normalized spacial score (nSPS) is 30.5. The van der Waals surface area contributed by atoms with Gasteiger partial charge >= 0.3 is 0 Å². The van der Waals surface area contributed by atoms with Crippen LogP contribution < -0.4 is 5.73 Å². The zero-order chi connectivity index (χ0) is 14.2. The second kappa shape index (κ2) is 5.85. The first-order chi connectivity index (χ1) is 9.61. The van der Waals surface area contributed by atoms with E-state index in [0.29, 0.717) is 19.6 Å². The average Bonchev–Trinajstić information content (AvgIpc) is 2.90. The Hall–Kier alpha value is -0.270. The molecule has 1 aromatic rings. The van der Waals surface area contributed by atoms with Crippen LogP contribution in [-0.4, -0.2) is 34.5 Å². The van der Waals surface area contributed by atoms with Crippen molar-refractivity contribution in [2.24, 2.45) is 5.73 Å². The van der Waals surface area contributed by atoms with Crippen LogP contribution in [0.1, 0.15) is 19.3 Å². The van der Waals surface area contributed by atoms with E-state index < -0.39 is 16.6 Å². The van der Waals surface area contributed by atoms with Gasteiger partial charge in [0.1, 0.15) is 0 Å². The molecule has 3 unspecified atom stereocenters. The molecule has 1 heterocycles. The number of hydrogen-bond acceptors (Lipinski definition) is 4. The van der Waals surface area contributed by atoms with Gasteiger partial charge in [0.25, 0.3) is 0 Å². The molecular weight excluding hydrogens is 342 g/mol. The van der Waals surface area contributed by atoms with Crippen LogP contribution in [0.25, 0.3) is 0 Å². The lowest BCUT2D eigenvalue weighted by Crippen LogP contribution is -2.50. The highest BCUT2D eigenvalue weighted by Crippen LogP contribution is 2.39. The van der Waals surface area contributed by atoms with Gasteiger partial charge in [-0.3, -0.25) is 4.21 Å². The number of ether oxygens (including phenoxy) is 2. The molecule has 3 atom stereocenters. The Labute approximate surface area is 129 Å². The number of hydrogen-bond donors (Lipinski definition) is 1. The largest absolute Gasteiger partial charge is 0.347 e. The van der Waals surface area contributed by atoms with Gasteiger partial charge in [0.15, 0.2) is 5.79 Å². The SMILES string of the molecule is NC1CCC2(CC1S(=O)c1ccccc1Br)OCCO2. The highest BCUT2D eigenvalue weighted by atomic mass is 79.9. The Morgan fingerprint density at radius 3 is 2.70 bits per heavy atom. The molecule has 0 bridgehead atoms. The maximum atomic E-state index is 12.9. The minimum Gasteiger partial charge on any atom is -0.347 e. The molecule has 6 heteroatoms. The lowest BCUT2D eigenvalue weighted by molar-refractivity contribution is -0.177. The molecule has 0 radical (unpaired) electrons. The average molecular weight is 360 g/mol. The molecule has 2 aliphatic rings. The monoisotopic (exact) mass is 359 g/mol. The Morgan fingerprint density at radius 2 is 2.00 bits per heavy atom. The topological polar surface area (TPSA) is 61.6 Å². The first kappa shape index (κ1) is 14.7. The van der Waals surface area contributed by atoms with Crippen LogP contribution in [0.3, 0.4) is 0 Å². The summed E-state index contributed by atoms with van der Waals surface area (Å²) in [5, 5.41) is -0.138. The second-order valence-electron chi connectivity index (χ2n) is 5.28. The van der Waals surface area contributed by atoms with Gasteiger partial charge in [-0.1, -0.05) is 12.1 Å². The lowest BCUT2D eigenvalue weighted by atomic mass is 9.90. The fourth-order valence-electron chi connectivity index (χ4n) is 2.90. The fourth-order valence-corrected chi connectivity index (χ4v) is 5.32. The van der Waals surface area contributed by atoms with Gasteiger partial charge in [-0.15, -0.1) is 0 Å². The summed E-state index contributed by atoms with van der Waals surface area (Å²) in [5.41, 5.74) is 6.20. The van der Waals surface area contributed by atoms with Crippen LogP contribution in [0.4, 0.5) is 0 Å². The van der Waals surface area contributed by atoms with E-state index in [2.05, 4.69) is 15.9 Å². The van der Waals surface area contributed by atoms with E-state index in [-0.39, 0.29) is 11.3 Å².